The summed E-state index contributed by atoms with van der Waals surface area (Å²) in [6.45, 7) is 0.149. The monoisotopic (exact) mass is 564 g/mol. The van der Waals surface area contributed by atoms with Gasteiger partial charge in [0.1, 0.15) is 0 Å². The van der Waals surface area contributed by atoms with Crippen LogP contribution in [0.2, 0.25) is 0 Å². The standard InChI is InChI=1S/C29H28N2O10/c1-36-22-8-15(9-23(37-2)27(22)38-3)24-17-10-20-21(41-13-40-20)11-18(17)26(19-12-39-29(33)25(19)24)30-28(32)14-4-6-16(7-5-14)31(34)35/h4-11,19,24-26,31,34H,12-13H2,1-3H3,(H,30,32). The molecule has 3 aliphatic rings. The minimum atomic E-state index is -1.09. The van der Waals surface area contributed by atoms with E-state index < -0.39 is 34.9 Å². The molecule has 3 aromatic carbocycles. The van der Waals surface area contributed by atoms with Crippen molar-refractivity contribution in [3.05, 3.63) is 76.0 Å². The lowest BCUT2D eigenvalue weighted by Gasteiger charge is -2.39. The van der Waals surface area contributed by atoms with Gasteiger partial charge in [0.2, 0.25) is 12.5 Å². The minimum absolute atomic E-state index is 0.0505. The van der Waals surface area contributed by atoms with Gasteiger partial charge in [0, 0.05) is 29.5 Å². The number of quaternary nitrogens is 1. The molecule has 3 aromatic rings. The van der Waals surface area contributed by atoms with Crippen LogP contribution >= 0.6 is 0 Å². The van der Waals surface area contributed by atoms with Crippen molar-refractivity contribution < 1.29 is 48.4 Å². The summed E-state index contributed by atoms with van der Waals surface area (Å²) in [5, 5.41) is 22.5. The van der Waals surface area contributed by atoms with E-state index in [9.17, 15) is 20.0 Å². The third-order valence-electron chi connectivity index (χ3n) is 7.91. The molecule has 0 radical (unpaired) electrons. The number of benzene rings is 3. The number of amides is 1. The topological polar surface area (TPSA) is 149 Å². The van der Waals surface area contributed by atoms with E-state index in [0.717, 1.165) is 16.7 Å². The highest BCUT2D eigenvalue weighted by atomic mass is 16.8. The van der Waals surface area contributed by atoms with E-state index in [0.29, 0.717) is 28.7 Å². The van der Waals surface area contributed by atoms with Gasteiger partial charge in [-0.3, -0.25) is 9.59 Å². The van der Waals surface area contributed by atoms with Crippen LogP contribution < -0.4 is 34.2 Å². The van der Waals surface area contributed by atoms with Gasteiger partial charge >= 0.3 is 5.97 Å². The van der Waals surface area contributed by atoms with Crippen LogP contribution in [0.25, 0.3) is 0 Å². The first-order valence-corrected chi connectivity index (χ1v) is 12.9. The van der Waals surface area contributed by atoms with E-state index in [4.69, 9.17) is 28.4 Å². The second-order valence-corrected chi connectivity index (χ2v) is 9.92. The summed E-state index contributed by atoms with van der Waals surface area (Å²) in [5.41, 5.74) is 2.60. The second-order valence-electron chi connectivity index (χ2n) is 9.92. The predicted octanol–water partition coefficient (Wildman–Crippen LogP) is 2.25. The summed E-state index contributed by atoms with van der Waals surface area (Å²) in [4.78, 5) is 26.7. The number of fused-ring (bicyclic) bond motifs is 3. The van der Waals surface area contributed by atoms with Gasteiger partial charge in [-0.1, -0.05) is 0 Å². The summed E-state index contributed by atoms with van der Waals surface area (Å²) in [5.74, 6) is -0.00329. The number of carbonyl (C=O) groups is 2. The lowest BCUT2D eigenvalue weighted by atomic mass is 9.65. The number of hydrogen-bond donors (Lipinski definition) is 3. The maximum Gasteiger partial charge on any atom is 0.310 e. The van der Waals surface area contributed by atoms with E-state index in [1.165, 1.54) is 45.6 Å². The number of methoxy groups -OCH3 is 3. The van der Waals surface area contributed by atoms with Gasteiger partial charge in [0.25, 0.3) is 5.91 Å². The van der Waals surface area contributed by atoms with Gasteiger partial charge in [-0.25, -0.2) is 5.21 Å². The Bertz CT molecular complexity index is 1480. The zero-order valence-electron chi connectivity index (χ0n) is 22.5. The summed E-state index contributed by atoms with van der Waals surface area (Å²) >= 11 is 0. The van der Waals surface area contributed by atoms with Gasteiger partial charge in [-0.2, -0.15) is 5.23 Å². The number of rotatable bonds is 7. The Morgan fingerprint density at radius 1 is 0.951 bits per heavy atom. The van der Waals surface area contributed by atoms with Crippen molar-refractivity contribution in [2.45, 2.75) is 12.0 Å². The van der Waals surface area contributed by atoms with Crippen LogP contribution in [-0.4, -0.2) is 51.8 Å². The van der Waals surface area contributed by atoms with E-state index in [2.05, 4.69) is 5.32 Å². The van der Waals surface area contributed by atoms with Gasteiger partial charge in [-0.15, -0.1) is 0 Å². The van der Waals surface area contributed by atoms with Crippen LogP contribution in [-0.2, 0) is 9.53 Å². The van der Waals surface area contributed by atoms with Gasteiger partial charge in [-0.05, 0) is 53.1 Å². The molecule has 6 rings (SSSR count). The number of nitrogens with one attached hydrogen (secondary N) is 2. The Morgan fingerprint density at radius 3 is 2.17 bits per heavy atom. The van der Waals surface area contributed by atoms with E-state index in [1.54, 1.807) is 0 Å². The molecule has 1 fully saturated rings. The molecule has 1 saturated heterocycles. The molecule has 0 saturated carbocycles. The van der Waals surface area contributed by atoms with Crippen molar-refractivity contribution >= 4 is 17.6 Å². The highest BCUT2D eigenvalue weighted by molar-refractivity contribution is 5.95. The largest absolute Gasteiger partial charge is 0.595 e. The van der Waals surface area contributed by atoms with Crippen LogP contribution in [0, 0.1) is 17.0 Å². The van der Waals surface area contributed by atoms with E-state index in [1.807, 2.05) is 24.3 Å². The van der Waals surface area contributed by atoms with Crippen molar-refractivity contribution in [1.29, 1.82) is 0 Å². The fourth-order valence-electron chi connectivity index (χ4n) is 6.02. The van der Waals surface area contributed by atoms with E-state index >= 15 is 0 Å². The number of ether oxygens (including phenoxy) is 6. The number of hydrogen-bond acceptors (Lipinski definition) is 10. The van der Waals surface area contributed by atoms with Gasteiger partial charge in [0.15, 0.2) is 28.7 Å². The first kappa shape index (κ1) is 26.7. The smallest absolute Gasteiger partial charge is 0.310 e. The molecule has 12 nitrogen and oxygen atoms in total. The van der Waals surface area contributed by atoms with Crippen LogP contribution in [0.5, 0.6) is 28.7 Å². The van der Waals surface area contributed by atoms with Crippen molar-refractivity contribution in [2.75, 3.05) is 34.7 Å². The van der Waals surface area contributed by atoms with Crippen molar-refractivity contribution in [1.82, 2.24) is 5.32 Å². The fourth-order valence-corrected chi connectivity index (χ4v) is 6.02. The molecule has 0 aromatic heterocycles. The Balaban J connectivity index is 1.47. The molecule has 0 bridgehead atoms. The third kappa shape index (κ3) is 4.46. The first-order valence-electron chi connectivity index (χ1n) is 12.9. The molecule has 12 heteroatoms. The third-order valence-corrected chi connectivity index (χ3v) is 7.91. The molecular weight excluding hydrogens is 536 g/mol. The van der Waals surface area contributed by atoms with E-state index in [-0.39, 0.29) is 30.6 Å². The average Bonchev–Trinajstić information content (AvgIpc) is 3.61. The molecule has 1 aliphatic carbocycles. The Hall–Kier alpha value is -4.52. The quantitative estimate of drug-likeness (QED) is 0.288. The SMILES string of the molecule is COc1cc(C2c3cc4c(cc3C(NC(=O)c3ccc([NH+]([O-])O)cc3)C3COC(=O)C23)OCO4)cc(OC)c1OC. The molecule has 2 heterocycles. The van der Waals surface area contributed by atoms with Gasteiger partial charge in [0.05, 0.1) is 39.9 Å². The highest BCUT2D eigenvalue weighted by Gasteiger charge is 2.53. The number of cyclic esters (lactones) is 1. The zero-order chi connectivity index (χ0) is 28.8. The maximum absolute atomic E-state index is 13.4. The Kier molecular flexibility index (Phi) is 6.81. The van der Waals surface area contributed by atoms with Crippen molar-refractivity contribution in [3.63, 3.8) is 0 Å². The van der Waals surface area contributed by atoms with Crippen LogP contribution in [0.15, 0.2) is 48.5 Å². The Labute approximate surface area is 234 Å². The minimum Gasteiger partial charge on any atom is -0.595 e. The average molecular weight is 565 g/mol. The number of carbonyl (C=O) groups excluding carboxylic acids is 2. The summed E-state index contributed by atoms with van der Waals surface area (Å²) < 4.78 is 33.6. The lowest BCUT2D eigenvalue weighted by molar-refractivity contribution is -0.991. The van der Waals surface area contributed by atoms with Crippen molar-refractivity contribution in [3.8, 4) is 28.7 Å². The van der Waals surface area contributed by atoms with Gasteiger partial charge < -0.3 is 38.9 Å². The van der Waals surface area contributed by atoms with Crippen LogP contribution in [0.4, 0.5) is 5.69 Å². The Morgan fingerprint density at radius 2 is 1.59 bits per heavy atom. The highest BCUT2D eigenvalue weighted by Crippen LogP contribution is 2.55. The lowest BCUT2D eigenvalue weighted by Crippen LogP contribution is -2.99. The second kappa shape index (κ2) is 10.5. The molecular formula is C29H28N2O10. The number of esters is 1. The molecule has 1 amide bonds. The van der Waals surface area contributed by atoms with Crippen LogP contribution in [0.1, 0.15) is 39.0 Å². The summed E-state index contributed by atoms with van der Waals surface area (Å²) in [6, 6.07) is 12.3. The first-order chi connectivity index (χ1) is 19.8. The maximum atomic E-state index is 13.4. The zero-order valence-corrected chi connectivity index (χ0v) is 22.5. The molecule has 0 spiro atoms. The molecule has 41 heavy (non-hydrogen) atoms. The molecule has 5 atom stereocenters. The summed E-state index contributed by atoms with van der Waals surface area (Å²) in [6.07, 6.45) is 0. The van der Waals surface area contributed by atoms with Crippen molar-refractivity contribution in [2.24, 2.45) is 11.8 Å². The fraction of sp³-hybridized carbons (Fsp3) is 0.310. The van der Waals surface area contributed by atoms with Crippen LogP contribution in [0.3, 0.4) is 0 Å². The normalized spacial score (nSPS) is 22.7. The molecule has 3 N–H and O–H groups in total. The molecule has 214 valence electrons. The predicted molar refractivity (Wildman–Crippen MR) is 141 cm³/mol. The molecule has 2 aliphatic heterocycles. The molecule has 5 unspecified atom stereocenters. The summed E-state index contributed by atoms with van der Waals surface area (Å²) in [7, 11) is 4.56.